The Bertz CT molecular complexity index is 1510. The summed E-state index contributed by atoms with van der Waals surface area (Å²) in [4.78, 5) is 43.2. The number of carboxylic acid groups (broad SMARTS) is 1. The number of hydrogen-bond acceptors (Lipinski definition) is 5. The van der Waals surface area contributed by atoms with Gasteiger partial charge in [-0.1, -0.05) is 42.7 Å². The number of aromatic nitrogens is 1. The molecule has 1 aromatic heterocycles. The van der Waals surface area contributed by atoms with Crippen molar-refractivity contribution in [1.29, 1.82) is 0 Å². The lowest BCUT2D eigenvalue weighted by molar-refractivity contribution is -0.192. The Balaban J connectivity index is 0.000000515. The molecule has 1 saturated carbocycles. The molecular formula is C32H34ClF3N4O5. The quantitative estimate of drug-likeness (QED) is 0.439. The van der Waals surface area contributed by atoms with Gasteiger partial charge >= 0.3 is 18.2 Å². The van der Waals surface area contributed by atoms with Gasteiger partial charge in [0.25, 0.3) is 5.91 Å². The molecule has 6 rings (SSSR count). The molecule has 9 nitrogen and oxygen atoms in total. The largest absolute Gasteiger partial charge is 0.490 e. The predicted octanol–water partition coefficient (Wildman–Crippen LogP) is 5.73. The molecule has 0 spiro atoms. The minimum atomic E-state index is -5.08. The molecule has 2 aromatic rings. The van der Waals surface area contributed by atoms with Crippen LogP contribution in [0.3, 0.4) is 0 Å². The molecule has 2 N–H and O–H groups in total. The second-order valence-corrected chi connectivity index (χ2v) is 11.7. The summed E-state index contributed by atoms with van der Waals surface area (Å²) in [5.74, 6) is -2.82. The summed E-state index contributed by atoms with van der Waals surface area (Å²) < 4.78 is 37.1. The number of alkyl halides is 3. The molecule has 4 aliphatic rings. The molecule has 2 aliphatic heterocycles. The average molecular weight is 647 g/mol. The number of nitrogens with zero attached hydrogens (tertiary/aromatic N) is 3. The third-order valence-electron chi connectivity index (χ3n) is 8.36. The van der Waals surface area contributed by atoms with Gasteiger partial charge in [0.1, 0.15) is 0 Å². The monoisotopic (exact) mass is 646 g/mol. The van der Waals surface area contributed by atoms with E-state index in [2.05, 4.69) is 23.5 Å². The van der Waals surface area contributed by atoms with Crippen LogP contribution in [0.25, 0.3) is 16.7 Å². The van der Waals surface area contributed by atoms with Crippen molar-refractivity contribution in [2.75, 3.05) is 39.4 Å². The number of benzene rings is 1. The summed E-state index contributed by atoms with van der Waals surface area (Å²) in [6.45, 7) is 3.58. The molecule has 3 heterocycles. The normalized spacial score (nSPS) is 18.4. The van der Waals surface area contributed by atoms with Crippen LogP contribution in [0.1, 0.15) is 53.7 Å². The summed E-state index contributed by atoms with van der Waals surface area (Å²) in [5.41, 5.74) is 7.06. The number of carbonyl (C=O) groups is 3. The van der Waals surface area contributed by atoms with Crippen LogP contribution in [0.15, 0.2) is 48.2 Å². The van der Waals surface area contributed by atoms with Gasteiger partial charge in [0.05, 0.1) is 29.5 Å². The molecule has 45 heavy (non-hydrogen) atoms. The van der Waals surface area contributed by atoms with Gasteiger partial charge < -0.3 is 25.0 Å². The molecule has 13 heteroatoms. The molecule has 1 saturated heterocycles. The van der Waals surface area contributed by atoms with Crippen molar-refractivity contribution in [2.45, 2.75) is 50.7 Å². The molecule has 2 aliphatic carbocycles. The third kappa shape index (κ3) is 7.85. The van der Waals surface area contributed by atoms with E-state index in [1.165, 1.54) is 24.0 Å². The SMILES string of the molecule is O=C(NC1CCCC1)N1CC=C(C2=CCc3ncc(-c4ccc(Cl)c(C(=O)N5CCOCC5)c4)cc32)CC1.O=C(O)C(F)(F)F. The first-order valence-electron chi connectivity index (χ1n) is 14.9. The van der Waals surface area contributed by atoms with Crippen LogP contribution < -0.4 is 5.32 Å². The number of pyridine rings is 1. The van der Waals surface area contributed by atoms with Crippen molar-refractivity contribution in [2.24, 2.45) is 0 Å². The Morgan fingerprint density at radius 2 is 1.71 bits per heavy atom. The fourth-order valence-corrected chi connectivity index (χ4v) is 6.10. The molecule has 0 radical (unpaired) electrons. The number of morpholine rings is 1. The van der Waals surface area contributed by atoms with Crippen LogP contribution in [0.5, 0.6) is 0 Å². The first-order chi connectivity index (χ1) is 21.5. The Hall–Kier alpha value is -3.90. The molecule has 1 aromatic carbocycles. The summed E-state index contributed by atoms with van der Waals surface area (Å²) in [7, 11) is 0. The second-order valence-electron chi connectivity index (χ2n) is 11.3. The van der Waals surface area contributed by atoms with Crippen LogP contribution in [-0.4, -0.2) is 89.4 Å². The summed E-state index contributed by atoms with van der Waals surface area (Å²) in [6.07, 6.45) is 7.46. The zero-order chi connectivity index (χ0) is 32.1. The zero-order valence-corrected chi connectivity index (χ0v) is 25.3. The van der Waals surface area contributed by atoms with Crippen molar-refractivity contribution in [1.82, 2.24) is 20.1 Å². The maximum Gasteiger partial charge on any atom is 0.490 e. The number of hydrogen-bond donors (Lipinski definition) is 2. The van der Waals surface area contributed by atoms with Gasteiger partial charge in [0.2, 0.25) is 0 Å². The number of rotatable bonds is 4. The fourth-order valence-electron chi connectivity index (χ4n) is 5.90. The smallest absolute Gasteiger partial charge is 0.475 e. The molecule has 0 atom stereocenters. The van der Waals surface area contributed by atoms with Gasteiger partial charge in [0.15, 0.2) is 0 Å². The average Bonchev–Trinajstić information content (AvgIpc) is 3.71. The molecule has 2 fully saturated rings. The number of urea groups is 1. The van der Waals surface area contributed by atoms with Gasteiger partial charge in [-0.25, -0.2) is 9.59 Å². The number of ether oxygens (including phenoxy) is 1. The van der Waals surface area contributed by atoms with Gasteiger partial charge in [-0.3, -0.25) is 9.78 Å². The lowest BCUT2D eigenvalue weighted by Crippen LogP contribution is -2.45. The lowest BCUT2D eigenvalue weighted by atomic mass is 9.94. The molecule has 3 amide bonds. The number of fused-ring (bicyclic) bond motifs is 1. The van der Waals surface area contributed by atoms with E-state index in [1.807, 2.05) is 23.2 Å². The van der Waals surface area contributed by atoms with E-state index in [4.69, 9.17) is 31.2 Å². The first kappa shape index (κ1) is 32.5. The minimum Gasteiger partial charge on any atom is -0.475 e. The Morgan fingerprint density at radius 1 is 1.00 bits per heavy atom. The van der Waals surface area contributed by atoms with Crippen molar-refractivity contribution in [3.63, 3.8) is 0 Å². The van der Waals surface area contributed by atoms with Crippen LogP contribution in [0.2, 0.25) is 5.02 Å². The lowest BCUT2D eigenvalue weighted by Gasteiger charge is -2.28. The summed E-state index contributed by atoms with van der Waals surface area (Å²) >= 11 is 6.45. The topological polar surface area (TPSA) is 112 Å². The first-order valence-corrected chi connectivity index (χ1v) is 15.3. The number of amides is 3. The molecular weight excluding hydrogens is 613 g/mol. The molecule has 0 unspecified atom stereocenters. The second kappa shape index (κ2) is 14.0. The highest BCUT2D eigenvalue weighted by molar-refractivity contribution is 6.34. The predicted molar refractivity (Wildman–Crippen MR) is 162 cm³/mol. The number of aliphatic carboxylic acids is 1. The number of nitrogens with one attached hydrogen (secondary N) is 1. The molecule has 0 bridgehead atoms. The van der Waals surface area contributed by atoms with Crippen molar-refractivity contribution < 1.29 is 37.4 Å². The minimum absolute atomic E-state index is 0.0575. The Kier molecular flexibility index (Phi) is 10.1. The van der Waals surface area contributed by atoms with Gasteiger partial charge in [-0.05, 0) is 54.2 Å². The van der Waals surface area contributed by atoms with E-state index in [0.717, 1.165) is 48.1 Å². The van der Waals surface area contributed by atoms with E-state index in [0.29, 0.717) is 56.0 Å². The van der Waals surface area contributed by atoms with E-state index in [1.54, 1.807) is 11.0 Å². The highest BCUT2D eigenvalue weighted by atomic mass is 35.5. The van der Waals surface area contributed by atoms with Crippen LogP contribution >= 0.6 is 11.6 Å². The standard InChI is InChI=1S/C30H33ClN4O3.C2HF3O2/c31-27-7-5-21(17-26(27)29(36)34-13-15-38-16-14-34)22-18-25-24(6-8-28(25)32-19-22)20-9-11-35(12-10-20)30(37)33-23-3-1-2-4-23;3-2(4,5)1(6)7/h5-7,9,17-19,23H,1-4,8,10-16H2,(H,33,37);(H,6,7). The number of carboxylic acids is 1. The number of carbonyl (C=O) groups excluding carboxylic acids is 2. The Labute approximate surface area is 263 Å². The zero-order valence-electron chi connectivity index (χ0n) is 24.5. The number of halogens is 4. The van der Waals surface area contributed by atoms with Gasteiger partial charge in [-0.15, -0.1) is 0 Å². The van der Waals surface area contributed by atoms with Crippen molar-refractivity contribution in [3.8, 4) is 11.1 Å². The van der Waals surface area contributed by atoms with Crippen LogP contribution in [-0.2, 0) is 16.0 Å². The van der Waals surface area contributed by atoms with Gasteiger partial charge in [0, 0.05) is 56.0 Å². The third-order valence-corrected chi connectivity index (χ3v) is 8.69. The number of allylic oxidation sites excluding steroid dienone is 2. The fraction of sp³-hybridized carbons (Fsp3) is 0.438. The highest BCUT2D eigenvalue weighted by Gasteiger charge is 2.38. The van der Waals surface area contributed by atoms with E-state index in [-0.39, 0.29) is 11.9 Å². The van der Waals surface area contributed by atoms with Gasteiger partial charge in [-0.2, -0.15) is 13.2 Å². The van der Waals surface area contributed by atoms with E-state index < -0.39 is 12.1 Å². The summed E-state index contributed by atoms with van der Waals surface area (Å²) in [6, 6.07) is 8.18. The van der Waals surface area contributed by atoms with Crippen LogP contribution in [0.4, 0.5) is 18.0 Å². The maximum atomic E-state index is 13.1. The van der Waals surface area contributed by atoms with Crippen molar-refractivity contribution in [3.05, 3.63) is 70.0 Å². The van der Waals surface area contributed by atoms with E-state index >= 15 is 0 Å². The van der Waals surface area contributed by atoms with E-state index in [9.17, 15) is 22.8 Å². The van der Waals surface area contributed by atoms with Crippen molar-refractivity contribution >= 4 is 35.1 Å². The Morgan fingerprint density at radius 3 is 2.36 bits per heavy atom. The summed E-state index contributed by atoms with van der Waals surface area (Å²) in [5, 5.41) is 10.8. The maximum absolute atomic E-state index is 13.1. The van der Waals surface area contributed by atoms with Crippen LogP contribution in [0, 0.1) is 0 Å². The molecule has 240 valence electrons. The highest BCUT2D eigenvalue weighted by Crippen LogP contribution is 2.37.